The van der Waals surface area contributed by atoms with Gasteiger partial charge in [-0.25, -0.2) is 10.2 Å². The smallest absolute Gasteiger partial charge is 0.345 e. The van der Waals surface area contributed by atoms with Crippen molar-refractivity contribution >= 4 is 35.6 Å². The number of hydrazone groups is 1. The van der Waals surface area contributed by atoms with E-state index in [0.29, 0.717) is 17.9 Å². The van der Waals surface area contributed by atoms with Crippen LogP contribution in [0.3, 0.4) is 0 Å². The number of hydrogen-bond acceptors (Lipinski definition) is 6. The van der Waals surface area contributed by atoms with Crippen LogP contribution in [-0.4, -0.2) is 37.1 Å². The molecule has 9 heteroatoms. The van der Waals surface area contributed by atoms with Crippen LogP contribution >= 0.6 is 11.6 Å². The predicted molar refractivity (Wildman–Crippen MR) is 157 cm³/mol. The number of rotatable bonds is 11. The number of hydrogen-bond donors (Lipinski definition) is 2. The van der Waals surface area contributed by atoms with Crippen LogP contribution in [0.1, 0.15) is 39.9 Å². The molecular formula is C32H28ClN3O5. The minimum absolute atomic E-state index is 0.215. The molecule has 208 valence electrons. The largest absolute Gasteiger partial charge is 0.490 e. The zero-order valence-corrected chi connectivity index (χ0v) is 23.0. The molecule has 0 aromatic heterocycles. The Bertz CT molecular complexity index is 1490. The molecule has 0 radical (unpaired) electrons. The molecule has 0 saturated heterocycles. The van der Waals surface area contributed by atoms with Gasteiger partial charge in [0, 0.05) is 0 Å². The van der Waals surface area contributed by atoms with Gasteiger partial charge in [-0.05, 0) is 53.9 Å². The third-order valence-electron chi connectivity index (χ3n) is 5.92. The quantitative estimate of drug-likeness (QED) is 0.109. The molecule has 0 saturated carbocycles. The van der Waals surface area contributed by atoms with Crippen LogP contribution in [0.5, 0.6) is 11.5 Å². The van der Waals surface area contributed by atoms with Crippen molar-refractivity contribution in [2.75, 3.05) is 13.2 Å². The summed E-state index contributed by atoms with van der Waals surface area (Å²) in [4.78, 5) is 38.1. The topological polar surface area (TPSA) is 106 Å². The lowest BCUT2D eigenvalue weighted by Gasteiger charge is -2.17. The Kier molecular flexibility index (Phi) is 10.2. The van der Waals surface area contributed by atoms with Crippen LogP contribution in [0, 0.1) is 0 Å². The fourth-order valence-corrected chi connectivity index (χ4v) is 4.23. The van der Waals surface area contributed by atoms with E-state index in [1.54, 1.807) is 49.4 Å². The Morgan fingerprint density at radius 3 is 2.12 bits per heavy atom. The fraction of sp³-hybridized carbons (Fsp3) is 0.125. The lowest BCUT2D eigenvalue weighted by atomic mass is 9.90. The van der Waals surface area contributed by atoms with Gasteiger partial charge in [-0.3, -0.25) is 9.59 Å². The number of carbonyl (C=O) groups is 3. The first-order valence-electron chi connectivity index (χ1n) is 12.9. The van der Waals surface area contributed by atoms with Crippen molar-refractivity contribution in [2.45, 2.75) is 12.8 Å². The van der Waals surface area contributed by atoms with Crippen LogP contribution in [0.4, 0.5) is 0 Å². The average molecular weight is 570 g/mol. The molecule has 0 aliphatic rings. The van der Waals surface area contributed by atoms with Gasteiger partial charge in [-0.15, -0.1) is 0 Å². The highest BCUT2D eigenvalue weighted by Gasteiger charge is 2.23. The zero-order chi connectivity index (χ0) is 29.0. The Morgan fingerprint density at radius 1 is 0.854 bits per heavy atom. The minimum atomic E-state index is -0.617. The van der Waals surface area contributed by atoms with E-state index in [1.165, 1.54) is 6.21 Å². The van der Waals surface area contributed by atoms with E-state index in [1.807, 2.05) is 60.7 Å². The Hall–Kier alpha value is -4.95. The Morgan fingerprint density at radius 2 is 1.49 bits per heavy atom. The standard InChI is InChI=1S/C32H28ClN3O5/c1-2-40-28-19-22(17-18-27(28)41-32(39)25-15-9-10-16-26(25)33)20-35-36-29(37)21-34-31(38)30(23-11-5-3-6-12-23)24-13-7-4-8-14-24/h3-20,30H,2,21H2,1H3,(H,34,38)(H,36,37)/b35-20+. The van der Waals surface area contributed by atoms with Gasteiger partial charge in [0.05, 0.1) is 35.9 Å². The van der Waals surface area contributed by atoms with E-state index in [9.17, 15) is 14.4 Å². The summed E-state index contributed by atoms with van der Waals surface area (Å²) >= 11 is 6.10. The zero-order valence-electron chi connectivity index (χ0n) is 22.3. The van der Waals surface area contributed by atoms with Crippen molar-refractivity contribution in [3.63, 3.8) is 0 Å². The molecule has 41 heavy (non-hydrogen) atoms. The lowest BCUT2D eigenvalue weighted by molar-refractivity contribution is -0.126. The summed E-state index contributed by atoms with van der Waals surface area (Å²) in [5.74, 6) is -1.43. The molecule has 0 heterocycles. The van der Waals surface area contributed by atoms with Crippen molar-refractivity contribution < 1.29 is 23.9 Å². The third-order valence-corrected chi connectivity index (χ3v) is 6.25. The maximum Gasteiger partial charge on any atom is 0.345 e. The number of nitrogens with zero attached hydrogens (tertiary/aromatic N) is 1. The van der Waals surface area contributed by atoms with E-state index in [-0.39, 0.29) is 28.8 Å². The van der Waals surface area contributed by atoms with Gasteiger partial charge in [0.25, 0.3) is 5.91 Å². The molecule has 8 nitrogen and oxygen atoms in total. The number of ether oxygens (including phenoxy) is 2. The Balaban J connectivity index is 1.36. The molecule has 0 fully saturated rings. The Labute approximate surface area is 243 Å². The second-order valence-electron chi connectivity index (χ2n) is 8.77. The maximum atomic E-state index is 13.1. The van der Waals surface area contributed by atoms with Crippen molar-refractivity contribution in [2.24, 2.45) is 5.10 Å². The van der Waals surface area contributed by atoms with Crippen molar-refractivity contribution in [3.8, 4) is 11.5 Å². The van der Waals surface area contributed by atoms with Crippen LogP contribution < -0.4 is 20.2 Å². The van der Waals surface area contributed by atoms with Crippen molar-refractivity contribution in [3.05, 3.63) is 130 Å². The van der Waals surface area contributed by atoms with Crippen LogP contribution in [0.15, 0.2) is 108 Å². The molecule has 0 aliphatic carbocycles. The summed E-state index contributed by atoms with van der Waals surface area (Å²) in [6.07, 6.45) is 1.42. The number of esters is 1. The van der Waals surface area contributed by atoms with Crippen LogP contribution in [-0.2, 0) is 9.59 Å². The number of amides is 2. The summed E-state index contributed by atoms with van der Waals surface area (Å²) in [6.45, 7) is 1.88. The normalized spacial score (nSPS) is 10.8. The van der Waals surface area contributed by atoms with E-state index >= 15 is 0 Å². The molecule has 0 bridgehead atoms. The number of carbonyl (C=O) groups excluding carboxylic acids is 3. The number of benzene rings is 4. The molecule has 4 aromatic carbocycles. The molecule has 2 amide bonds. The predicted octanol–water partition coefficient (Wildman–Crippen LogP) is 5.36. The van der Waals surface area contributed by atoms with Crippen LogP contribution in [0.2, 0.25) is 5.02 Å². The SMILES string of the molecule is CCOc1cc(/C=N/NC(=O)CNC(=O)C(c2ccccc2)c2ccccc2)ccc1OC(=O)c1ccccc1Cl. The van der Waals surface area contributed by atoms with E-state index in [2.05, 4.69) is 15.8 Å². The van der Waals surface area contributed by atoms with E-state index in [0.717, 1.165) is 11.1 Å². The van der Waals surface area contributed by atoms with Gasteiger partial charge in [-0.1, -0.05) is 84.4 Å². The van der Waals surface area contributed by atoms with Gasteiger partial charge < -0.3 is 14.8 Å². The van der Waals surface area contributed by atoms with Crippen LogP contribution in [0.25, 0.3) is 0 Å². The molecular weight excluding hydrogens is 542 g/mol. The molecule has 0 unspecified atom stereocenters. The average Bonchev–Trinajstić information content (AvgIpc) is 2.99. The highest BCUT2D eigenvalue weighted by Crippen LogP contribution is 2.30. The van der Waals surface area contributed by atoms with Gasteiger partial charge in [0.1, 0.15) is 0 Å². The molecule has 2 N–H and O–H groups in total. The first-order valence-corrected chi connectivity index (χ1v) is 13.3. The minimum Gasteiger partial charge on any atom is -0.490 e. The summed E-state index contributed by atoms with van der Waals surface area (Å²) < 4.78 is 11.1. The van der Waals surface area contributed by atoms with Gasteiger partial charge in [-0.2, -0.15) is 5.10 Å². The fourth-order valence-electron chi connectivity index (χ4n) is 4.01. The maximum absolute atomic E-state index is 13.1. The molecule has 0 aliphatic heterocycles. The second-order valence-corrected chi connectivity index (χ2v) is 9.18. The lowest BCUT2D eigenvalue weighted by Crippen LogP contribution is -2.37. The molecule has 0 atom stereocenters. The summed E-state index contributed by atoms with van der Waals surface area (Å²) in [5, 5.41) is 6.95. The summed E-state index contributed by atoms with van der Waals surface area (Å²) in [6, 6.07) is 30.2. The summed E-state index contributed by atoms with van der Waals surface area (Å²) in [7, 11) is 0. The van der Waals surface area contributed by atoms with Gasteiger partial charge in [0.15, 0.2) is 11.5 Å². The van der Waals surface area contributed by atoms with Gasteiger partial charge in [0.2, 0.25) is 5.91 Å². The molecule has 4 aromatic rings. The highest BCUT2D eigenvalue weighted by molar-refractivity contribution is 6.33. The number of halogens is 1. The summed E-state index contributed by atoms with van der Waals surface area (Å²) in [5.41, 5.74) is 4.87. The molecule has 0 spiro atoms. The third kappa shape index (κ3) is 8.03. The first-order chi connectivity index (χ1) is 20.0. The van der Waals surface area contributed by atoms with E-state index in [4.69, 9.17) is 21.1 Å². The van der Waals surface area contributed by atoms with E-state index < -0.39 is 17.8 Å². The van der Waals surface area contributed by atoms with Crippen molar-refractivity contribution in [1.82, 2.24) is 10.7 Å². The number of nitrogens with one attached hydrogen (secondary N) is 2. The van der Waals surface area contributed by atoms with Crippen molar-refractivity contribution in [1.29, 1.82) is 0 Å². The second kappa shape index (κ2) is 14.4. The molecule has 4 rings (SSSR count). The monoisotopic (exact) mass is 569 g/mol. The van der Waals surface area contributed by atoms with Gasteiger partial charge >= 0.3 is 5.97 Å². The first kappa shape index (κ1) is 29.0. The highest BCUT2D eigenvalue weighted by atomic mass is 35.5.